The van der Waals surface area contributed by atoms with Crippen molar-refractivity contribution in [1.29, 1.82) is 0 Å². The van der Waals surface area contributed by atoms with Crippen molar-refractivity contribution < 1.29 is 4.79 Å². The van der Waals surface area contributed by atoms with Crippen LogP contribution in [-0.4, -0.2) is 23.3 Å². The van der Waals surface area contributed by atoms with E-state index < -0.39 is 0 Å². The van der Waals surface area contributed by atoms with E-state index in [9.17, 15) is 4.79 Å². The Kier molecular flexibility index (Phi) is 8.82. The van der Waals surface area contributed by atoms with Gasteiger partial charge in [0.15, 0.2) is 5.11 Å². The number of aryl methyl sites for hydroxylation is 1. The van der Waals surface area contributed by atoms with Crippen molar-refractivity contribution in [2.45, 2.75) is 32.1 Å². The Morgan fingerprint density at radius 2 is 2.09 bits per heavy atom. The number of hydrazine groups is 1. The van der Waals surface area contributed by atoms with Crippen molar-refractivity contribution in [2.75, 3.05) is 12.3 Å². The highest BCUT2D eigenvalue weighted by molar-refractivity contribution is 9.10. The van der Waals surface area contributed by atoms with Gasteiger partial charge in [-0.1, -0.05) is 29.8 Å². The zero-order valence-corrected chi connectivity index (χ0v) is 16.3. The number of nitrogens with one attached hydrogen (secondary N) is 3. The zero-order chi connectivity index (χ0) is 16.5. The number of rotatable bonds is 6. The molecular weight excluding hydrogens is 382 g/mol. The second-order valence-electron chi connectivity index (χ2n) is 5.31. The molecule has 22 heavy (non-hydrogen) atoms. The van der Waals surface area contributed by atoms with Gasteiger partial charge in [-0.15, -0.1) is 11.8 Å². The maximum Gasteiger partial charge on any atom is 0.248 e. The monoisotopic (exact) mass is 403 g/mol. The first-order valence-electron chi connectivity index (χ1n) is 7.10. The van der Waals surface area contributed by atoms with E-state index in [0.29, 0.717) is 16.8 Å². The fourth-order valence-corrected chi connectivity index (χ4v) is 3.04. The second kappa shape index (κ2) is 10.1. The van der Waals surface area contributed by atoms with E-state index >= 15 is 0 Å². The van der Waals surface area contributed by atoms with Crippen molar-refractivity contribution in [3.63, 3.8) is 0 Å². The van der Waals surface area contributed by atoms with Crippen LogP contribution < -0.4 is 16.2 Å². The first-order valence-corrected chi connectivity index (χ1v) is 9.28. The minimum atomic E-state index is -0.111. The number of thioether (sulfide) groups is 1. The van der Waals surface area contributed by atoms with Gasteiger partial charge in [0.2, 0.25) is 5.91 Å². The summed E-state index contributed by atoms with van der Waals surface area (Å²) >= 11 is 10.0. The van der Waals surface area contributed by atoms with E-state index in [0.717, 1.165) is 27.9 Å². The van der Waals surface area contributed by atoms with Gasteiger partial charge < -0.3 is 5.32 Å². The fourth-order valence-electron chi connectivity index (χ4n) is 1.60. The third kappa shape index (κ3) is 8.00. The molecule has 0 saturated heterocycles. The highest BCUT2D eigenvalue weighted by atomic mass is 79.9. The van der Waals surface area contributed by atoms with Crippen molar-refractivity contribution in [3.8, 4) is 0 Å². The quantitative estimate of drug-likeness (QED) is 0.386. The average molecular weight is 404 g/mol. The predicted molar refractivity (Wildman–Crippen MR) is 101 cm³/mol. The Balaban J connectivity index is 2.24. The lowest BCUT2D eigenvalue weighted by Crippen LogP contribution is -2.47. The van der Waals surface area contributed by atoms with Gasteiger partial charge in [0.25, 0.3) is 0 Å². The lowest BCUT2D eigenvalue weighted by atomic mass is 10.1. The Bertz CT molecular complexity index is 524. The van der Waals surface area contributed by atoms with E-state index in [-0.39, 0.29) is 5.91 Å². The van der Waals surface area contributed by atoms with Gasteiger partial charge >= 0.3 is 0 Å². The summed E-state index contributed by atoms with van der Waals surface area (Å²) in [6.07, 6.45) is 1.04. The number of hydrogen-bond donors (Lipinski definition) is 3. The largest absolute Gasteiger partial charge is 0.361 e. The third-order valence-electron chi connectivity index (χ3n) is 2.82. The van der Waals surface area contributed by atoms with Crippen LogP contribution >= 0.6 is 39.9 Å². The lowest BCUT2D eigenvalue weighted by molar-refractivity contribution is -0.119. The molecule has 3 N–H and O–H groups in total. The molecule has 0 aromatic heterocycles. The second-order valence-corrected chi connectivity index (χ2v) is 7.65. The summed E-state index contributed by atoms with van der Waals surface area (Å²) in [5.74, 6) is 0.847. The summed E-state index contributed by atoms with van der Waals surface area (Å²) in [6.45, 7) is 7.13. The molecule has 122 valence electrons. The van der Waals surface area contributed by atoms with Crippen molar-refractivity contribution >= 4 is 50.9 Å². The summed E-state index contributed by atoms with van der Waals surface area (Å²) in [5, 5.41) is 3.50. The van der Waals surface area contributed by atoms with Gasteiger partial charge in [-0.05, 0) is 55.2 Å². The fraction of sp³-hybridized carbons (Fsp3) is 0.467. The molecule has 0 bridgehead atoms. The molecule has 0 saturated carbocycles. The van der Waals surface area contributed by atoms with Crippen LogP contribution in [0.4, 0.5) is 0 Å². The van der Waals surface area contributed by atoms with Gasteiger partial charge in [-0.2, -0.15) is 0 Å². The summed E-state index contributed by atoms with van der Waals surface area (Å²) in [4.78, 5) is 12.9. The van der Waals surface area contributed by atoms with Gasteiger partial charge in [0.1, 0.15) is 0 Å². The van der Waals surface area contributed by atoms with Crippen molar-refractivity contribution in [2.24, 2.45) is 5.92 Å². The lowest BCUT2D eigenvalue weighted by Gasteiger charge is -2.12. The molecule has 7 heteroatoms. The molecule has 0 heterocycles. The van der Waals surface area contributed by atoms with Crippen molar-refractivity contribution in [3.05, 3.63) is 28.2 Å². The van der Waals surface area contributed by atoms with Crippen LogP contribution in [0.15, 0.2) is 27.6 Å². The van der Waals surface area contributed by atoms with Crippen LogP contribution in [-0.2, 0) is 4.79 Å². The first kappa shape index (κ1) is 19.3. The van der Waals surface area contributed by atoms with Gasteiger partial charge in [-0.3, -0.25) is 15.6 Å². The van der Waals surface area contributed by atoms with Crippen LogP contribution in [0.2, 0.25) is 0 Å². The number of carbonyl (C=O) groups excluding carboxylic acids is 1. The van der Waals surface area contributed by atoms with E-state index in [2.05, 4.69) is 45.9 Å². The Hall–Kier alpha value is -0.790. The molecular formula is C15H22BrN3OS2. The van der Waals surface area contributed by atoms with Crippen molar-refractivity contribution in [1.82, 2.24) is 16.2 Å². The van der Waals surface area contributed by atoms with E-state index in [1.54, 1.807) is 0 Å². The smallest absolute Gasteiger partial charge is 0.248 e. The molecule has 1 aromatic rings. The molecule has 0 atom stereocenters. The Morgan fingerprint density at radius 1 is 1.36 bits per heavy atom. The number of halogens is 1. The molecule has 1 amide bonds. The predicted octanol–water partition coefficient (Wildman–Crippen LogP) is 3.39. The van der Waals surface area contributed by atoms with Gasteiger partial charge in [0.05, 0.1) is 5.75 Å². The number of benzene rings is 1. The standard InChI is InChI=1S/C15H22BrN3OS2/c1-10(2)6-7-17-15(21)19-18-14(20)9-22-13-5-4-12(16)8-11(13)3/h4-5,8,10H,6-7,9H2,1-3H3,(H,18,20)(H2,17,19,21). The summed E-state index contributed by atoms with van der Waals surface area (Å²) < 4.78 is 1.04. The topological polar surface area (TPSA) is 53.2 Å². The molecule has 1 aromatic carbocycles. The van der Waals surface area contributed by atoms with Crippen LogP contribution in [0.25, 0.3) is 0 Å². The molecule has 0 aliphatic heterocycles. The van der Waals surface area contributed by atoms with E-state index in [4.69, 9.17) is 12.2 Å². The summed E-state index contributed by atoms with van der Waals surface area (Å²) in [5.41, 5.74) is 6.46. The molecule has 0 fully saturated rings. The number of thiocarbonyl (C=S) groups is 1. The molecule has 0 spiro atoms. The normalized spacial score (nSPS) is 10.4. The Morgan fingerprint density at radius 3 is 2.73 bits per heavy atom. The van der Waals surface area contributed by atoms with Crippen LogP contribution in [0.5, 0.6) is 0 Å². The number of hydrogen-bond acceptors (Lipinski definition) is 3. The highest BCUT2D eigenvalue weighted by Crippen LogP contribution is 2.24. The molecule has 1 rings (SSSR count). The Labute approximate surface area is 150 Å². The van der Waals surface area contributed by atoms with E-state index in [1.165, 1.54) is 11.8 Å². The third-order valence-corrected chi connectivity index (χ3v) is 4.73. The molecule has 0 aliphatic carbocycles. The molecule has 0 aliphatic rings. The number of carbonyl (C=O) groups is 1. The summed E-state index contributed by atoms with van der Waals surface area (Å²) in [7, 11) is 0. The van der Waals surface area contributed by atoms with Crippen LogP contribution in [0.1, 0.15) is 25.8 Å². The van der Waals surface area contributed by atoms with Gasteiger partial charge in [-0.25, -0.2) is 0 Å². The average Bonchev–Trinajstić information content (AvgIpc) is 2.43. The number of amides is 1. The first-order chi connectivity index (χ1) is 10.4. The minimum Gasteiger partial charge on any atom is -0.361 e. The molecule has 0 radical (unpaired) electrons. The maximum atomic E-state index is 11.8. The SMILES string of the molecule is Cc1cc(Br)ccc1SCC(=O)NNC(=S)NCCC(C)C. The molecule has 0 unspecified atom stereocenters. The van der Waals surface area contributed by atoms with Crippen LogP contribution in [0.3, 0.4) is 0 Å². The maximum absolute atomic E-state index is 11.8. The molecule has 4 nitrogen and oxygen atoms in total. The van der Waals surface area contributed by atoms with E-state index in [1.807, 2.05) is 25.1 Å². The minimum absolute atomic E-state index is 0.111. The zero-order valence-electron chi connectivity index (χ0n) is 13.0. The summed E-state index contributed by atoms with van der Waals surface area (Å²) in [6, 6.07) is 6.01. The highest BCUT2D eigenvalue weighted by Gasteiger charge is 2.06. The van der Waals surface area contributed by atoms with Gasteiger partial charge in [0, 0.05) is 15.9 Å². The van der Waals surface area contributed by atoms with Crippen LogP contribution in [0, 0.1) is 12.8 Å².